The Balaban J connectivity index is 1.65. The van der Waals surface area contributed by atoms with E-state index in [2.05, 4.69) is 10.1 Å². The van der Waals surface area contributed by atoms with Crippen LogP contribution in [0.5, 0.6) is 0 Å². The van der Waals surface area contributed by atoms with Crippen molar-refractivity contribution in [1.29, 1.82) is 0 Å². The van der Waals surface area contributed by atoms with Gasteiger partial charge in [0.1, 0.15) is 11.3 Å². The van der Waals surface area contributed by atoms with Gasteiger partial charge in [0, 0.05) is 19.3 Å². The topological polar surface area (TPSA) is 88.3 Å². The second-order valence-electron chi connectivity index (χ2n) is 6.35. The van der Waals surface area contributed by atoms with Gasteiger partial charge in [-0.25, -0.2) is 4.79 Å². The molecule has 1 N–H and O–H groups in total. The van der Waals surface area contributed by atoms with E-state index in [0.29, 0.717) is 31.6 Å². The highest BCUT2D eigenvalue weighted by Crippen LogP contribution is 2.28. The predicted octanol–water partition coefficient (Wildman–Crippen LogP) is 2.78. The van der Waals surface area contributed by atoms with Gasteiger partial charge in [-0.2, -0.15) is 18.3 Å². The fourth-order valence-electron chi connectivity index (χ4n) is 3.19. The lowest BCUT2D eigenvalue weighted by Crippen LogP contribution is -2.39. The Kier molecular flexibility index (Phi) is 4.90. The Morgan fingerprint density at radius 2 is 1.85 bits per heavy atom. The molecule has 1 amide bonds. The minimum Gasteiger partial charge on any atom is -0.478 e. The molecule has 3 heterocycles. The quantitative estimate of drug-likeness (QED) is 0.882. The lowest BCUT2D eigenvalue weighted by atomic mass is 10.0. The van der Waals surface area contributed by atoms with Crippen LogP contribution in [0.15, 0.2) is 24.5 Å². The summed E-state index contributed by atoms with van der Waals surface area (Å²) in [4.78, 5) is 28.5. The molecule has 10 heteroatoms. The SMILES string of the molecule is Cc1c(C(=O)O)cnn1C1CCN(C(=O)c2ccc(C(F)(F)F)nc2)CC1. The van der Waals surface area contributed by atoms with Crippen molar-refractivity contribution in [3.63, 3.8) is 0 Å². The number of amides is 1. The number of carboxylic acid groups (broad SMARTS) is 1. The van der Waals surface area contributed by atoms with E-state index in [1.807, 2.05) is 0 Å². The second kappa shape index (κ2) is 7.01. The summed E-state index contributed by atoms with van der Waals surface area (Å²) in [5.41, 5.74) is -0.241. The molecule has 27 heavy (non-hydrogen) atoms. The van der Waals surface area contributed by atoms with E-state index in [-0.39, 0.29) is 23.1 Å². The number of nitrogens with zero attached hydrogens (tertiary/aromatic N) is 4. The molecule has 0 unspecified atom stereocenters. The number of hydrogen-bond donors (Lipinski definition) is 1. The first-order chi connectivity index (χ1) is 12.7. The first-order valence-electron chi connectivity index (χ1n) is 8.28. The summed E-state index contributed by atoms with van der Waals surface area (Å²) in [6, 6.07) is 1.88. The van der Waals surface area contributed by atoms with Crippen LogP contribution < -0.4 is 0 Å². The molecular weight excluding hydrogens is 365 g/mol. The summed E-state index contributed by atoms with van der Waals surface area (Å²) in [7, 11) is 0. The molecule has 7 nitrogen and oxygen atoms in total. The zero-order valence-corrected chi connectivity index (χ0v) is 14.4. The highest BCUT2D eigenvalue weighted by Gasteiger charge is 2.33. The molecule has 1 aliphatic rings. The lowest BCUT2D eigenvalue weighted by Gasteiger charge is -2.32. The number of piperidine rings is 1. The molecule has 2 aromatic rings. The fraction of sp³-hybridized carbons (Fsp3) is 0.412. The van der Waals surface area contributed by atoms with Crippen molar-refractivity contribution >= 4 is 11.9 Å². The van der Waals surface area contributed by atoms with Gasteiger partial charge in [0.25, 0.3) is 5.91 Å². The van der Waals surface area contributed by atoms with Gasteiger partial charge in [0.05, 0.1) is 23.5 Å². The van der Waals surface area contributed by atoms with E-state index in [9.17, 15) is 22.8 Å². The summed E-state index contributed by atoms with van der Waals surface area (Å²) < 4.78 is 39.3. The van der Waals surface area contributed by atoms with Crippen LogP contribution in [-0.2, 0) is 6.18 Å². The number of hydrogen-bond acceptors (Lipinski definition) is 4. The van der Waals surface area contributed by atoms with Crippen LogP contribution >= 0.6 is 0 Å². The molecule has 0 spiro atoms. The highest BCUT2D eigenvalue weighted by atomic mass is 19.4. The number of aromatic carboxylic acids is 1. The number of likely N-dealkylation sites (tertiary alicyclic amines) is 1. The molecule has 1 saturated heterocycles. The number of carboxylic acids is 1. The number of pyridine rings is 1. The van der Waals surface area contributed by atoms with Crippen LogP contribution in [0.4, 0.5) is 13.2 Å². The van der Waals surface area contributed by atoms with Gasteiger partial charge in [-0.05, 0) is 31.9 Å². The normalized spacial score (nSPS) is 15.8. The van der Waals surface area contributed by atoms with Crippen LogP contribution in [-0.4, -0.2) is 49.7 Å². The Labute approximate surface area is 152 Å². The molecule has 0 bridgehead atoms. The van der Waals surface area contributed by atoms with Gasteiger partial charge in [-0.3, -0.25) is 14.5 Å². The molecule has 0 aliphatic carbocycles. The van der Waals surface area contributed by atoms with Gasteiger partial charge in [0.15, 0.2) is 0 Å². The number of halogens is 3. The third kappa shape index (κ3) is 3.79. The van der Waals surface area contributed by atoms with Crippen LogP contribution in [0.25, 0.3) is 0 Å². The minimum absolute atomic E-state index is 0.0344. The maximum absolute atomic E-state index is 12.6. The summed E-state index contributed by atoms with van der Waals surface area (Å²) in [6.07, 6.45) is -1.16. The molecule has 1 fully saturated rings. The number of aromatic nitrogens is 3. The average Bonchev–Trinajstić information content (AvgIpc) is 3.02. The second-order valence-corrected chi connectivity index (χ2v) is 6.35. The largest absolute Gasteiger partial charge is 0.478 e. The smallest absolute Gasteiger partial charge is 0.433 e. The first-order valence-corrected chi connectivity index (χ1v) is 8.28. The molecule has 2 aromatic heterocycles. The molecule has 0 aromatic carbocycles. The van der Waals surface area contributed by atoms with Crippen molar-refractivity contribution in [3.8, 4) is 0 Å². The Morgan fingerprint density at radius 3 is 2.33 bits per heavy atom. The standard InChI is InChI=1S/C17H17F3N4O3/c1-10-13(16(26)27)9-22-24(10)12-4-6-23(7-5-12)15(25)11-2-3-14(21-8-11)17(18,19)20/h2-3,8-9,12H,4-7H2,1H3,(H,26,27). The van der Waals surface area contributed by atoms with Crippen molar-refractivity contribution in [1.82, 2.24) is 19.7 Å². The Morgan fingerprint density at radius 1 is 1.19 bits per heavy atom. The number of carbonyl (C=O) groups is 2. The highest BCUT2D eigenvalue weighted by molar-refractivity contribution is 5.94. The van der Waals surface area contributed by atoms with Crippen molar-refractivity contribution < 1.29 is 27.9 Å². The van der Waals surface area contributed by atoms with E-state index in [1.165, 1.54) is 6.20 Å². The number of carbonyl (C=O) groups excluding carboxylic acids is 1. The number of alkyl halides is 3. The number of rotatable bonds is 3. The third-order valence-electron chi connectivity index (χ3n) is 4.67. The van der Waals surface area contributed by atoms with Gasteiger partial charge in [-0.1, -0.05) is 0 Å². The summed E-state index contributed by atoms with van der Waals surface area (Å²) >= 11 is 0. The van der Waals surface area contributed by atoms with Crippen molar-refractivity contribution in [2.24, 2.45) is 0 Å². The van der Waals surface area contributed by atoms with Crippen LogP contribution in [0.3, 0.4) is 0 Å². The molecule has 0 radical (unpaired) electrons. The molecular formula is C17H17F3N4O3. The van der Waals surface area contributed by atoms with E-state index in [1.54, 1.807) is 16.5 Å². The fourth-order valence-corrected chi connectivity index (χ4v) is 3.19. The van der Waals surface area contributed by atoms with E-state index in [4.69, 9.17) is 5.11 Å². The monoisotopic (exact) mass is 382 g/mol. The minimum atomic E-state index is -4.55. The van der Waals surface area contributed by atoms with E-state index < -0.39 is 17.8 Å². The Hall–Kier alpha value is -2.91. The molecule has 3 rings (SSSR count). The molecule has 0 saturated carbocycles. The third-order valence-corrected chi connectivity index (χ3v) is 4.67. The van der Waals surface area contributed by atoms with E-state index >= 15 is 0 Å². The van der Waals surface area contributed by atoms with Crippen molar-refractivity contribution in [2.75, 3.05) is 13.1 Å². The van der Waals surface area contributed by atoms with Crippen molar-refractivity contribution in [2.45, 2.75) is 32.0 Å². The predicted molar refractivity (Wildman–Crippen MR) is 87.3 cm³/mol. The first kappa shape index (κ1) is 18.9. The van der Waals surface area contributed by atoms with Gasteiger partial charge >= 0.3 is 12.1 Å². The van der Waals surface area contributed by atoms with Gasteiger partial charge in [0.2, 0.25) is 0 Å². The van der Waals surface area contributed by atoms with Gasteiger partial charge < -0.3 is 10.0 Å². The van der Waals surface area contributed by atoms with E-state index in [0.717, 1.165) is 18.3 Å². The Bertz CT molecular complexity index is 853. The zero-order valence-electron chi connectivity index (χ0n) is 14.4. The van der Waals surface area contributed by atoms with Crippen LogP contribution in [0.2, 0.25) is 0 Å². The maximum atomic E-state index is 12.6. The molecule has 1 aliphatic heterocycles. The average molecular weight is 382 g/mol. The summed E-state index contributed by atoms with van der Waals surface area (Å²) in [5, 5.41) is 13.2. The summed E-state index contributed by atoms with van der Waals surface area (Å²) in [6.45, 7) is 2.47. The van der Waals surface area contributed by atoms with Crippen molar-refractivity contribution in [3.05, 3.63) is 47.0 Å². The molecule has 0 atom stereocenters. The lowest BCUT2D eigenvalue weighted by molar-refractivity contribution is -0.141. The maximum Gasteiger partial charge on any atom is 0.433 e. The summed E-state index contributed by atoms with van der Waals surface area (Å²) in [5.74, 6) is -1.42. The van der Waals surface area contributed by atoms with Crippen LogP contribution in [0.1, 0.15) is 51.0 Å². The van der Waals surface area contributed by atoms with Crippen LogP contribution in [0, 0.1) is 6.92 Å². The molecule has 144 valence electrons. The zero-order chi connectivity index (χ0) is 19.8. The van der Waals surface area contributed by atoms with Gasteiger partial charge in [-0.15, -0.1) is 0 Å².